The number of para-hydroxylation sites is 1. The number of benzene rings is 1. The third kappa shape index (κ3) is 3.24. The maximum atomic E-state index is 9.87. The minimum atomic E-state index is 0.309. The van der Waals surface area contributed by atoms with Crippen molar-refractivity contribution in [3.63, 3.8) is 0 Å². The first-order valence-electron chi connectivity index (χ1n) is 6.04. The van der Waals surface area contributed by atoms with E-state index in [-0.39, 0.29) is 0 Å². The van der Waals surface area contributed by atoms with Crippen molar-refractivity contribution in [3.8, 4) is 5.75 Å². The molecule has 1 aromatic carbocycles. The largest absolute Gasteiger partial charge is 0.508 e. The van der Waals surface area contributed by atoms with Gasteiger partial charge in [0.25, 0.3) is 0 Å². The first kappa shape index (κ1) is 13.0. The van der Waals surface area contributed by atoms with Gasteiger partial charge >= 0.3 is 0 Å². The molecule has 1 aromatic rings. The summed E-state index contributed by atoms with van der Waals surface area (Å²) in [5, 5.41) is 9.87. The summed E-state index contributed by atoms with van der Waals surface area (Å²) in [6.07, 6.45) is 1.01. The SMILES string of the molecule is CCC(c1ccccc1O)N(C)CC(C)C. The molecule has 0 saturated heterocycles. The number of aromatic hydroxyl groups is 1. The highest BCUT2D eigenvalue weighted by molar-refractivity contribution is 5.34. The highest BCUT2D eigenvalue weighted by Gasteiger charge is 2.18. The second-order valence-electron chi connectivity index (χ2n) is 4.82. The molecule has 0 radical (unpaired) electrons. The first-order chi connectivity index (χ1) is 7.56. The summed E-state index contributed by atoms with van der Waals surface area (Å²) in [6, 6.07) is 7.94. The lowest BCUT2D eigenvalue weighted by molar-refractivity contribution is 0.210. The van der Waals surface area contributed by atoms with E-state index in [1.807, 2.05) is 18.2 Å². The molecule has 90 valence electrons. The molecule has 0 aliphatic carbocycles. The molecule has 0 aliphatic rings. The Hall–Kier alpha value is -1.02. The number of phenolic OH excluding ortho intramolecular Hbond substituents is 1. The maximum Gasteiger partial charge on any atom is 0.120 e. The Morgan fingerprint density at radius 2 is 1.88 bits per heavy atom. The second-order valence-corrected chi connectivity index (χ2v) is 4.82. The van der Waals surface area contributed by atoms with Crippen LogP contribution < -0.4 is 0 Å². The minimum absolute atomic E-state index is 0.309. The lowest BCUT2D eigenvalue weighted by Crippen LogP contribution is -2.28. The van der Waals surface area contributed by atoms with E-state index >= 15 is 0 Å². The van der Waals surface area contributed by atoms with Crippen LogP contribution in [0.2, 0.25) is 0 Å². The average molecular weight is 221 g/mol. The van der Waals surface area contributed by atoms with Crippen LogP contribution in [-0.2, 0) is 0 Å². The maximum absolute atomic E-state index is 9.87. The standard InChI is InChI=1S/C14H23NO/c1-5-13(15(4)10-11(2)3)12-8-6-7-9-14(12)16/h6-9,11,13,16H,5,10H2,1-4H3. The van der Waals surface area contributed by atoms with Crippen LogP contribution in [0.25, 0.3) is 0 Å². The summed E-state index contributed by atoms with van der Waals surface area (Å²) >= 11 is 0. The van der Waals surface area contributed by atoms with Crippen LogP contribution in [0.5, 0.6) is 5.75 Å². The monoisotopic (exact) mass is 221 g/mol. The Kier molecular flexibility index (Phi) is 4.81. The fourth-order valence-electron chi connectivity index (χ4n) is 2.24. The van der Waals surface area contributed by atoms with Crippen LogP contribution in [-0.4, -0.2) is 23.6 Å². The average Bonchev–Trinajstić information content (AvgIpc) is 2.20. The summed E-state index contributed by atoms with van der Waals surface area (Å²) in [4.78, 5) is 2.32. The van der Waals surface area contributed by atoms with Crippen molar-refractivity contribution < 1.29 is 5.11 Å². The molecule has 0 aliphatic heterocycles. The second kappa shape index (κ2) is 5.90. The van der Waals surface area contributed by atoms with Crippen molar-refractivity contribution in [3.05, 3.63) is 29.8 Å². The molecule has 1 N–H and O–H groups in total. The summed E-state index contributed by atoms with van der Waals surface area (Å²) < 4.78 is 0. The van der Waals surface area contributed by atoms with Crippen molar-refractivity contribution in [2.24, 2.45) is 5.92 Å². The number of nitrogens with zero attached hydrogens (tertiary/aromatic N) is 1. The highest BCUT2D eigenvalue weighted by Crippen LogP contribution is 2.30. The lowest BCUT2D eigenvalue weighted by Gasteiger charge is -2.29. The van der Waals surface area contributed by atoms with Gasteiger partial charge in [-0.25, -0.2) is 0 Å². The molecule has 0 bridgehead atoms. The quantitative estimate of drug-likeness (QED) is 0.823. The summed E-state index contributed by atoms with van der Waals surface area (Å²) in [6.45, 7) is 7.64. The molecule has 0 spiro atoms. The Morgan fingerprint density at radius 3 is 2.38 bits per heavy atom. The Labute approximate surface area is 98.9 Å². The van der Waals surface area contributed by atoms with Crippen molar-refractivity contribution in [1.29, 1.82) is 0 Å². The summed E-state index contributed by atoms with van der Waals surface area (Å²) in [5.41, 5.74) is 1.04. The van der Waals surface area contributed by atoms with Gasteiger partial charge in [0.1, 0.15) is 5.75 Å². The lowest BCUT2D eigenvalue weighted by atomic mass is 10.0. The Bertz CT molecular complexity index is 322. The fraction of sp³-hybridized carbons (Fsp3) is 0.571. The van der Waals surface area contributed by atoms with Crippen LogP contribution in [0.4, 0.5) is 0 Å². The molecule has 1 unspecified atom stereocenters. The molecular formula is C14H23NO. The van der Waals surface area contributed by atoms with E-state index in [4.69, 9.17) is 0 Å². The molecule has 1 atom stereocenters. The van der Waals surface area contributed by atoms with Crippen LogP contribution in [0, 0.1) is 5.92 Å². The summed E-state index contributed by atoms with van der Waals surface area (Å²) in [5.74, 6) is 1.05. The zero-order valence-corrected chi connectivity index (χ0v) is 10.8. The predicted octanol–water partition coefficient (Wildman–Crippen LogP) is 3.43. The molecule has 2 nitrogen and oxygen atoms in total. The van der Waals surface area contributed by atoms with Crippen LogP contribution in [0.1, 0.15) is 38.8 Å². The normalized spacial score (nSPS) is 13.4. The molecule has 0 saturated carbocycles. The molecule has 0 aromatic heterocycles. The number of hydrogen-bond acceptors (Lipinski definition) is 2. The van der Waals surface area contributed by atoms with Gasteiger partial charge in [0, 0.05) is 18.2 Å². The van der Waals surface area contributed by atoms with E-state index in [1.54, 1.807) is 6.07 Å². The molecule has 0 amide bonds. The smallest absolute Gasteiger partial charge is 0.120 e. The molecular weight excluding hydrogens is 198 g/mol. The van der Waals surface area contributed by atoms with Gasteiger partial charge in [-0.05, 0) is 25.5 Å². The molecule has 1 rings (SSSR count). The predicted molar refractivity (Wildman–Crippen MR) is 68.6 cm³/mol. The van der Waals surface area contributed by atoms with Crippen LogP contribution in [0.15, 0.2) is 24.3 Å². The van der Waals surface area contributed by atoms with Gasteiger partial charge in [-0.2, -0.15) is 0 Å². The third-order valence-corrected chi connectivity index (χ3v) is 2.87. The molecule has 2 heteroatoms. The molecule has 16 heavy (non-hydrogen) atoms. The van der Waals surface area contributed by atoms with Gasteiger partial charge in [0.15, 0.2) is 0 Å². The van der Waals surface area contributed by atoms with Gasteiger partial charge in [-0.15, -0.1) is 0 Å². The highest BCUT2D eigenvalue weighted by atomic mass is 16.3. The Morgan fingerprint density at radius 1 is 1.25 bits per heavy atom. The van der Waals surface area contributed by atoms with Crippen LogP contribution in [0.3, 0.4) is 0 Å². The topological polar surface area (TPSA) is 23.5 Å². The van der Waals surface area contributed by atoms with E-state index in [1.165, 1.54) is 0 Å². The van der Waals surface area contributed by atoms with E-state index in [2.05, 4.69) is 32.7 Å². The van der Waals surface area contributed by atoms with Crippen molar-refractivity contribution >= 4 is 0 Å². The van der Waals surface area contributed by atoms with Gasteiger partial charge in [-0.1, -0.05) is 39.0 Å². The first-order valence-corrected chi connectivity index (χ1v) is 6.04. The van der Waals surface area contributed by atoms with Gasteiger partial charge in [0.2, 0.25) is 0 Å². The molecule has 0 heterocycles. The van der Waals surface area contributed by atoms with Crippen molar-refractivity contribution in [1.82, 2.24) is 4.90 Å². The van der Waals surface area contributed by atoms with E-state index in [9.17, 15) is 5.11 Å². The van der Waals surface area contributed by atoms with E-state index in [0.717, 1.165) is 18.5 Å². The van der Waals surface area contributed by atoms with Crippen molar-refractivity contribution in [2.75, 3.05) is 13.6 Å². The van der Waals surface area contributed by atoms with Crippen LogP contribution >= 0.6 is 0 Å². The number of rotatable bonds is 5. The van der Waals surface area contributed by atoms with Gasteiger partial charge in [-0.3, -0.25) is 4.90 Å². The zero-order chi connectivity index (χ0) is 12.1. The number of phenols is 1. The fourth-order valence-corrected chi connectivity index (χ4v) is 2.24. The third-order valence-electron chi connectivity index (χ3n) is 2.87. The van der Waals surface area contributed by atoms with E-state index in [0.29, 0.717) is 17.7 Å². The Balaban J connectivity index is 2.86. The molecule has 0 fully saturated rings. The summed E-state index contributed by atoms with van der Waals surface area (Å²) in [7, 11) is 2.13. The minimum Gasteiger partial charge on any atom is -0.508 e. The van der Waals surface area contributed by atoms with Gasteiger partial charge < -0.3 is 5.11 Å². The number of hydrogen-bond donors (Lipinski definition) is 1. The van der Waals surface area contributed by atoms with Crippen molar-refractivity contribution in [2.45, 2.75) is 33.2 Å². The van der Waals surface area contributed by atoms with E-state index < -0.39 is 0 Å². The zero-order valence-electron chi connectivity index (χ0n) is 10.8. The van der Waals surface area contributed by atoms with Gasteiger partial charge in [0.05, 0.1) is 0 Å².